The fraction of sp³-hybridized carbons (Fsp3) is 0.296. The Morgan fingerprint density at radius 1 is 1.20 bits per heavy atom. The summed E-state index contributed by atoms with van der Waals surface area (Å²) in [6.07, 6.45) is 4.63. The molecular weight excluding hydrogens is 539 g/mol. The van der Waals surface area contributed by atoms with Crippen molar-refractivity contribution >= 4 is 44.3 Å². The Morgan fingerprint density at radius 2 is 1.95 bits per heavy atom. The fourth-order valence-corrected chi connectivity index (χ4v) is 5.05. The molecule has 1 aliphatic rings. The van der Waals surface area contributed by atoms with E-state index in [2.05, 4.69) is 15.3 Å². The number of methoxy groups -OCH3 is 1. The highest BCUT2D eigenvalue weighted by molar-refractivity contribution is 7.92. The molecule has 0 bridgehead atoms. The summed E-state index contributed by atoms with van der Waals surface area (Å²) in [6, 6.07) is 11.6. The Balaban J connectivity index is 1.43. The molecule has 1 aliphatic heterocycles. The predicted molar refractivity (Wildman–Crippen MR) is 149 cm³/mol. The van der Waals surface area contributed by atoms with Crippen LogP contribution in [0.15, 0.2) is 54.9 Å². The summed E-state index contributed by atoms with van der Waals surface area (Å²) in [5.74, 6) is -0.674. The molecule has 0 atom stereocenters. The number of sulfonamides is 1. The molecule has 1 amide bonds. The number of carbonyl (C=O) groups excluding carboxylic acids is 1. The molecule has 1 N–H and O–H groups in total. The average molecular weight is 569 g/mol. The third-order valence-corrected chi connectivity index (χ3v) is 7.93. The lowest BCUT2D eigenvalue weighted by atomic mass is 10.1. The van der Waals surface area contributed by atoms with Crippen LogP contribution in [-0.2, 0) is 21.3 Å². The topological polar surface area (TPSA) is 119 Å². The van der Waals surface area contributed by atoms with Crippen LogP contribution in [0.4, 0.5) is 21.7 Å². The molecule has 0 spiro atoms. The van der Waals surface area contributed by atoms with Gasteiger partial charge in [-0.25, -0.2) is 17.8 Å². The third-order valence-electron chi connectivity index (χ3n) is 6.74. The number of benzene rings is 2. The number of nitrogens with one attached hydrogen (secondary N) is 1. The van der Waals surface area contributed by atoms with E-state index < -0.39 is 21.7 Å². The second kappa shape index (κ2) is 11.1. The Morgan fingerprint density at radius 3 is 2.67 bits per heavy atom. The number of hydrogen-bond donors (Lipinski definition) is 1. The van der Waals surface area contributed by atoms with Gasteiger partial charge in [-0.15, -0.1) is 0 Å². The molecule has 210 valence electrons. The molecule has 11 nitrogen and oxygen atoms in total. The number of aromatic nitrogens is 3. The summed E-state index contributed by atoms with van der Waals surface area (Å²) in [5.41, 5.74) is 2.10. The first-order valence-corrected chi connectivity index (χ1v) is 14.4. The number of para-hydroxylation sites is 1. The van der Waals surface area contributed by atoms with E-state index in [1.165, 1.54) is 30.6 Å². The van der Waals surface area contributed by atoms with Crippen LogP contribution in [0.3, 0.4) is 0 Å². The van der Waals surface area contributed by atoms with Gasteiger partial charge in [0.15, 0.2) is 0 Å². The minimum atomic E-state index is -3.45. The van der Waals surface area contributed by atoms with Crippen molar-refractivity contribution in [2.75, 3.05) is 56.3 Å². The number of rotatable bonds is 8. The Hall–Kier alpha value is -4.23. The first-order chi connectivity index (χ1) is 19.2. The third kappa shape index (κ3) is 5.56. The van der Waals surface area contributed by atoms with Crippen LogP contribution in [0.5, 0.6) is 5.75 Å². The molecule has 0 aliphatic carbocycles. The smallest absolute Gasteiger partial charge is 0.257 e. The number of fused-ring (bicyclic) bond motifs is 1. The Bertz CT molecular complexity index is 1670. The van der Waals surface area contributed by atoms with Crippen molar-refractivity contribution in [1.82, 2.24) is 19.4 Å². The quantitative estimate of drug-likeness (QED) is 0.344. The number of amides is 1. The summed E-state index contributed by atoms with van der Waals surface area (Å²) in [6.45, 7) is 1.95. The Labute approximate surface area is 231 Å². The summed E-state index contributed by atoms with van der Waals surface area (Å²) in [5, 5.41) is 3.77. The molecule has 5 rings (SSSR count). The summed E-state index contributed by atoms with van der Waals surface area (Å²) < 4.78 is 53.3. The normalized spacial score (nSPS) is 13.8. The van der Waals surface area contributed by atoms with Gasteiger partial charge in [-0.1, -0.05) is 18.2 Å². The van der Waals surface area contributed by atoms with Crippen LogP contribution >= 0.6 is 0 Å². The summed E-state index contributed by atoms with van der Waals surface area (Å²) in [4.78, 5) is 23.4. The average Bonchev–Trinajstić information content (AvgIpc) is 3.34. The van der Waals surface area contributed by atoms with Gasteiger partial charge in [-0.3, -0.25) is 9.10 Å². The number of nitrogens with zero attached hydrogens (tertiary/aromatic N) is 5. The van der Waals surface area contributed by atoms with Gasteiger partial charge in [0.25, 0.3) is 5.91 Å². The molecule has 0 radical (unpaired) electrons. The molecule has 0 unspecified atom stereocenters. The zero-order chi connectivity index (χ0) is 28.4. The van der Waals surface area contributed by atoms with Crippen molar-refractivity contribution in [2.45, 2.75) is 6.54 Å². The highest BCUT2D eigenvalue weighted by Crippen LogP contribution is 2.31. The largest absolute Gasteiger partial charge is 0.495 e. The molecule has 4 aromatic rings. The van der Waals surface area contributed by atoms with Gasteiger partial charge in [0.2, 0.25) is 16.0 Å². The lowest BCUT2D eigenvalue weighted by Crippen LogP contribution is -2.41. The van der Waals surface area contributed by atoms with Gasteiger partial charge in [0.05, 0.1) is 50.1 Å². The number of anilines is 3. The van der Waals surface area contributed by atoms with E-state index in [0.29, 0.717) is 44.2 Å². The number of ether oxygens (including phenoxy) is 2. The number of hydrogen-bond acceptors (Lipinski definition) is 8. The first-order valence-electron chi connectivity index (χ1n) is 12.5. The molecule has 40 heavy (non-hydrogen) atoms. The SMILES string of the molecule is COc1cc(C(=O)N2CCOCC2)c(F)cc1Nc1ncc2ccn(Cc3ccccc3N(C)S(C)(=O)=O)c2n1. The highest BCUT2D eigenvalue weighted by Gasteiger charge is 2.24. The fourth-order valence-electron chi connectivity index (χ4n) is 4.51. The minimum Gasteiger partial charge on any atom is -0.495 e. The number of morpholine rings is 1. The van der Waals surface area contributed by atoms with Crippen molar-refractivity contribution in [1.29, 1.82) is 0 Å². The van der Waals surface area contributed by atoms with Crippen molar-refractivity contribution in [3.05, 3.63) is 71.8 Å². The van der Waals surface area contributed by atoms with E-state index in [0.717, 1.165) is 17.2 Å². The highest BCUT2D eigenvalue weighted by atomic mass is 32.2. The van der Waals surface area contributed by atoms with E-state index in [4.69, 9.17) is 9.47 Å². The van der Waals surface area contributed by atoms with E-state index >= 15 is 4.39 Å². The van der Waals surface area contributed by atoms with Crippen molar-refractivity contribution in [3.8, 4) is 5.75 Å². The zero-order valence-corrected chi connectivity index (χ0v) is 23.1. The van der Waals surface area contributed by atoms with E-state index in [1.54, 1.807) is 23.2 Å². The van der Waals surface area contributed by atoms with Gasteiger partial charge in [0.1, 0.15) is 17.2 Å². The van der Waals surface area contributed by atoms with Crippen LogP contribution in [-0.4, -0.2) is 80.5 Å². The van der Waals surface area contributed by atoms with Crippen LogP contribution in [0, 0.1) is 5.82 Å². The van der Waals surface area contributed by atoms with E-state index in [1.807, 2.05) is 29.0 Å². The van der Waals surface area contributed by atoms with Crippen LogP contribution in [0.2, 0.25) is 0 Å². The molecular formula is C27H29FN6O5S. The van der Waals surface area contributed by atoms with Gasteiger partial charge >= 0.3 is 0 Å². The monoisotopic (exact) mass is 568 g/mol. The standard InChI is InChI=1S/C27H29FN6O5S/c1-32(40(3,36)37)23-7-5-4-6-19(23)17-34-9-8-18-16-29-27(31-25(18)34)30-22-15-21(28)20(14-24(22)38-2)26(35)33-10-12-39-13-11-33/h4-9,14-16H,10-13,17H2,1-3H3,(H,29,30,31). The lowest BCUT2D eigenvalue weighted by Gasteiger charge is -2.27. The van der Waals surface area contributed by atoms with Crippen LogP contribution in [0.25, 0.3) is 11.0 Å². The van der Waals surface area contributed by atoms with Crippen LogP contribution in [0.1, 0.15) is 15.9 Å². The molecule has 2 aromatic heterocycles. The predicted octanol–water partition coefficient (Wildman–Crippen LogP) is 3.24. The van der Waals surface area contributed by atoms with E-state index in [-0.39, 0.29) is 22.9 Å². The first kappa shape index (κ1) is 27.3. The van der Waals surface area contributed by atoms with Gasteiger partial charge in [0, 0.05) is 44.0 Å². The number of carbonyl (C=O) groups is 1. The van der Waals surface area contributed by atoms with Crippen LogP contribution < -0.4 is 14.4 Å². The van der Waals surface area contributed by atoms with Gasteiger partial charge < -0.3 is 24.3 Å². The molecule has 0 saturated carbocycles. The molecule has 1 saturated heterocycles. The molecule has 13 heteroatoms. The van der Waals surface area contributed by atoms with E-state index in [9.17, 15) is 13.2 Å². The number of halogens is 1. The molecule has 3 heterocycles. The summed E-state index contributed by atoms with van der Waals surface area (Å²) >= 11 is 0. The zero-order valence-electron chi connectivity index (χ0n) is 22.3. The van der Waals surface area contributed by atoms with Gasteiger partial charge in [-0.2, -0.15) is 4.98 Å². The van der Waals surface area contributed by atoms with Crippen molar-refractivity contribution in [2.24, 2.45) is 0 Å². The van der Waals surface area contributed by atoms with Crippen molar-refractivity contribution in [3.63, 3.8) is 0 Å². The lowest BCUT2D eigenvalue weighted by molar-refractivity contribution is 0.0299. The second-order valence-corrected chi connectivity index (χ2v) is 11.4. The van der Waals surface area contributed by atoms with Crippen molar-refractivity contribution < 1.29 is 27.1 Å². The Kier molecular flexibility index (Phi) is 7.59. The molecule has 2 aromatic carbocycles. The summed E-state index contributed by atoms with van der Waals surface area (Å²) in [7, 11) is -0.505. The minimum absolute atomic E-state index is 0.0905. The molecule has 1 fully saturated rings. The van der Waals surface area contributed by atoms with Gasteiger partial charge in [-0.05, 0) is 23.8 Å². The maximum Gasteiger partial charge on any atom is 0.257 e. The maximum absolute atomic E-state index is 15.1. The maximum atomic E-state index is 15.1. The second-order valence-electron chi connectivity index (χ2n) is 9.34.